The van der Waals surface area contributed by atoms with Crippen LogP contribution in [0.5, 0.6) is 0 Å². The Hall–Kier alpha value is -1.92. The smallest absolute Gasteiger partial charge is 0.289 e. The maximum Gasteiger partial charge on any atom is 0.289 e. The third-order valence-electron chi connectivity index (χ3n) is 3.96. The number of halogens is 2. The lowest BCUT2D eigenvalue weighted by Crippen LogP contribution is -2.36. The first kappa shape index (κ1) is 14.7. The number of carbonyl (C=O) groups excluding carboxylic acids is 1. The lowest BCUT2D eigenvalue weighted by molar-refractivity contribution is 0.0722. The molecule has 116 valence electrons. The number of nitrogens with one attached hydrogen (secondary N) is 1. The van der Waals surface area contributed by atoms with Gasteiger partial charge in [0.05, 0.1) is 10.5 Å². The molecule has 0 spiro atoms. The molecule has 1 amide bonds. The van der Waals surface area contributed by atoms with Crippen LogP contribution in [0.4, 0.5) is 0 Å². The Kier molecular flexibility index (Phi) is 3.58. The van der Waals surface area contributed by atoms with Crippen molar-refractivity contribution in [1.82, 2.24) is 19.9 Å². The van der Waals surface area contributed by atoms with Crippen molar-refractivity contribution in [1.29, 1.82) is 0 Å². The van der Waals surface area contributed by atoms with Gasteiger partial charge in [-0.15, -0.1) is 0 Å². The fourth-order valence-electron chi connectivity index (χ4n) is 2.82. The number of H-pyrrole nitrogens is 1. The predicted octanol–water partition coefficient (Wildman–Crippen LogP) is 3.57. The number of aromatic nitrogens is 3. The molecule has 1 aliphatic rings. The number of hydrogen-bond acceptors (Lipinski definition) is 3. The highest BCUT2D eigenvalue weighted by molar-refractivity contribution is 9.10. The molecule has 0 fully saturated rings. The van der Waals surface area contributed by atoms with Crippen LogP contribution in [-0.2, 0) is 13.0 Å². The predicted molar refractivity (Wildman–Crippen MR) is 91.5 cm³/mol. The zero-order valence-corrected chi connectivity index (χ0v) is 14.4. The summed E-state index contributed by atoms with van der Waals surface area (Å²) in [5, 5.41) is 0.537. The van der Waals surface area contributed by atoms with E-state index >= 15 is 0 Å². The number of para-hydroxylation sites is 1. The Labute approximate surface area is 145 Å². The van der Waals surface area contributed by atoms with Crippen LogP contribution in [0.3, 0.4) is 0 Å². The van der Waals surface area contributed by atoms with Gasteiger partial charge in [-0.3, -0.25) is 9.78 Å². The van der Waals surface area contributed by atoms with Crippen molar-refractivity contribution in [3.63, 3.8) is 0 Å². The van der Waals surface area contributed by atoms with Crippen molar-refractivity contribution >= 4 is 44.5 Å². The highest BCUT2D eigenvalue weighted by atomic mass is 79.9. The highest BCUT2D eigenvalue weighted by Gasteiger charge is 2.25. The van der Waals surface area contributed by atoms with E-state index in [0.29, 0.717) is 29.5 Å². The van der Waals surface area contributed by atoms with E-state index in [1.807, 2.05) is 18.2 Å². The SMILES string of the molecule is O=C(c1nc2c(Cl)cccc2[nH]1)N1CCc2ncc(Br)cc2C1. The number of aromatic amines is 1. The van der Waals surface area contributed by atoms with Crippen LogP contribution in [0, 0.1) is 0 Å². The quantitative estimate of drug-likeness (QED) is 0.690. The van der Waals surface area contributed by atoms with Gasteiger partial charge in [0, 0.05) is 35.9 Å². The van der Waals surface area contributed by atoms with Crippen LogP contribution in [0.15, 0.2) is 34.9 Å². The van der Waals surface area contributed by atoms with E-state index in [2.05, 4.69) is 30.9 Å². The largest absolute Gasteiger partial charge is 0.334 e. The molecule has 4 rings (SSSR count). The summed E-state index contributed by atoms with van der Waals surface area (Å²) in [5.74, 6) is 0.197. The standard InChI is InChI=1S/C16H12BrClN4O/c17-10-6-9-8-22(5-4-12(9)19-7-10)16(23)15-20-13-3-1-2-11(18)14(13)21-15/h1-3,6-7H,4-5,8H2,(H,20,21). The van der Waals surface area contributed by atoms with E-state index < -0.39 is 0 Å². The number of hydrogen-bond donors (Lipinski definition) is 1. The van der Waals surface area contributed by atoms with Crippen LogP contribution in [0.25, 0.3) is 11.0 Å². The van der Waals surface area contributed by atoms with Crippen LogP contribution in [0.1, 0.15) is 21.9 Å². The summed E-state index contributed by atoms with van der Waals surface area (Å²) in [4.78, 5) is 26.3. The average Bonchev–Trinajstić information content (AvgIpc) is 2.99. The second-order valence-electron chi connectivity index (χ2n) is 5.46. The molecule has 7 heteroatoms. The summed E-state index contributed by atoms with van der Waals surface area (Å²) in [5.41, 5.74) is 3.50. The van der Waals surface area contributed by atoms with E-state index in [9.17, 15) is 4.79 Å². The molecule has 0 saturated heterocycles. The maximum absolute atomic E-state index is 12.7. The molecule has 0 bridgehead atoms. The van der Waals surface area contributed by atoms with Crippen molar-refractivity contribution in [2.24, 2.45) is 0 Å². The molecule has 5 nitrogen and oxygen atoms in total. The van der Waals surface area contributed by atoms with Crippen molar-refractivity contribution in [3.05, 3.63) is 57.0 Å². The molecule has 0 unspecified atom stereocenters. The number of fused-ring (bicyclic) bond motifs is 2. The topological polar surface area (TPSA) is 61.9 Å². The number of benzene rings is 1. The van der Waals surface area contributed by atoms with Gasteiger partial charge in [0.2, 0.25) is 0 Å². The molecule has 0 saturated carbocycles. The van der Waals surface area contributed by atoms with Gasteiger partial charge in [0.25, 0.3) is 5.91 Å². The number of nitrogens with zero attached hydrogens (tertiary/aromatic N) is 3. The van der Waals surface area contributed by atoms with Crippen molar-refractivity contribution < 1.29 is 4.79 Å². The van der Waals surface area contributed by atoms with E-state index in [-0.39, 0.29) is 5.91 Å². The second kappa shape index (κ2) is 5.62. The van der Waals surface area contributed by atoms with Gasteiger partial charge in [-0.1, -0.05) is 17.7 Å². The van der Waals surface area contributed by atoms with Crippen LogP contribution in [-0.4, -0.2) is 32.3 Å². The number of amides is 1. The lowest BCUT2D eigenvalue weighted by atomic mass is 10.1. The number of carbonyl (C=O) groups is 1. The third kappa shape index (κ3) is 2.62. The van der Waals surface area contributed by atoms with Gasteiger partial charge in [-0.2, -0.15) is 0 Å². The molecular weight excluding hydrogens is 380 g/mol. The van der Waals surface area contributed by atoms with Crippen molar-refractivity contribution in [2.75, 3.05) is 6.54 Å². The number of pyridine rings is 1. The Balaban J connectivity index is 1.65. The molecule has 1 N–H and O–H groups in total. The summed E-state index contributed by atoms with van der Waals surface area (Å²) in [6, 6.07) is 7.46. The number of imidazole rings is 1. The maximum atomic E-state index is 12.7. The second-order valence-corrected chi connectivity index (χ2v) is 6.78. The monoisotopic (exact) mass is 390 g/mol. The first-order valence-corrected chi connectivity index (χ1v) is 8.36. The molecule has 0 radical (unpaired) electrons. The van der Waals surface area contributed by atoms with Crippen LogP contribution < -0.4 is 0 Å². The van der Waals surface area contributed by atoms with E-state index in [4.69, 9.17) is 11.6 Å². The fraction of sp³-hybridized carbons (Fsp3) is 0.188. The molecule has 0 atom stereocenters. The molecular formula is C16H12BrClN4O. The van der Waals surface area contributed by atoms with E-state index in [1.54, 1.807) is 17.2 Å². The van der Waals surface area contributed by atoms with E-state index in [1.165, 1.54) is 0 Å². The average molecular weight is 392 g/mol. The van der Waals surface area contributed by atoms with Gasteiger partial charge >= 0.3 is 0 Å². The lowest BCUT2D eigenvalue weighted by Gasteiger charge is -2.27. The first-order chi connectivity index (χ1) is 11.1. The zero-order valence-electron chi connectivity index (χ0n) is 12.0. The Morgan fingerprint density at radius 2 is 2.26 bits per heavy atom. The van der Waals surface area contributed by atoms with Gasteiger partial charge in [-0.05, 0) is 39.7 Å². The Morgan fingerprint density at radius 3 is 3.09 bits per heavy atom. The minimum atomic E-state index is -0.122. The Morgan fingerprint density at radius 1 is 1.39 bits per heavy atom. The summed E-state index contributed by atoms with van der Waals surface area (Å²) >= 11 is 9.55. The minimum Gasteiger partial charge on any atom is -0.334 e. The van der Waals surface area contributed by atoms with Gasteiger partial charge < -0.3 is 9.88 Å². The molecule has 1 aliphatic heterocycles. The first-order valence-electron chi connectivity index (χ1n) is 7.18. The molecule has 1 aromatic carbocycles. The van der Waals surface area contributed by atoms with Crippen molar-refractivity contribution in [2.45, 2.75) is 13.0 Å². The summed E-state index contributed by atoms with van der Waals surface area (Å²) in [6.45, 7) is 1.16. The molecule has 3 heterocycles. The van der Waals surface area contributed by atoms with Gasteiger partial charge in [0.15, 0.2) is 5.82 Å². The minimum absolute atomic E-state index is 0.122. The zero-order chi connectivity index (χ0) is 16.0. The van der Waals surface area contributed by atoms with Crippen LogP contribution in [0.2, 0.25) is 5.02 Å². The fourth-order valence-corrected chi connectivity index (χ4v) is 3.41. The summed E-state index contributed by atoms with van der Waals surface area (Å²) < 4.78 is 0.918. The van der Waals surface area contributed by atoms with Gasteiger partial charge in [0.1, 0.15) is 5.52 Å². The summed E-state index contributed by atoms with van der Waals surface area (Å²) in [6.07, 6.45) is 2.53. The molecule has 23 heavy (non-hydrogen) atoms. The highest BCUT2D eigenvalue weighted by Crippen LogP contribution is 2.24. The molecule has 2 aromatic heterocycles. The molecule has 3 aromatic rings. The van der Waals surface area contributed by atoms with Gasteiger partial charge in [-0.25, -0.2) is 4.98 Å². The molecule has 0 aliphatic carbocycles. The summed E-state index contributed by atoms with van der Waals surface area (Å²) in [7, 11) is 0. The van der Waals surface area contributed by atoms with Crippen molar-refractivity contribution in [3.8, 4) is 0 Å². The third-order valence-corrected chi connectivity index (χ3v) is 4.70. The number of rotatable bonds is 1. The normalized spacial score (nSPS) is 14.1. The Bertz CT molecular complexity index is 924. The van der Waals surface area contributed by atoms with E-state index in [0.717, 1.165) is 27.7 Å². The van der Waals surface area contributed by atoms with Crippen LogP contribution >= 0.6 is 27.5 Å².